The van der Waals surface area contributed by atoms with Gasteiger partial charge in [-0.15, -0.1) is 0 Å². The SMILES string of the molecule is CCOc1cccc(Cc2cnc(NC)o2)c1. The van der Waals surface area contributed by atoms with Crippen molar-refractivity contribution in [1.82, 2.24) is 4.98 Å². The van der Waals surface area contributed by atoms with E-state index in [2.05, 4.69) is 10.3 Å². The normalized spacial score (nSPS) is 10.2. The minimum absolute atomic E-state index is 0.543. The van der Waals surface area contributed by atoms with Gasteiger partial charge in [0.1, 0.15) is 11.5 Å². The van der Waals surface area contributed by atoms with Crippen LogP contribution in [0.5, 0.6) is 5.75 Å². The monoisotopic (exact) mass is 232 g/mol. The summed E-state index contributed by atoms with van der Waals surface area (Å²) >= 11 is 0. The van der Waals surface area contributed by atoms with E-state index in [1.54, 1.807) is 13.2 Å². The van der Waals surface area contributed by atoms with E-state index in [9.17, 15) is 0 Å². The quantitative estimate of drug-likeness (QED) is 0.861. The molecule has 90 valence electrons. The smallest absolute Gasteiger partial charge is 0.294 e. The molecule has 1 aromatic heterocycles. The number of oxazole rings is 1. The van der Waals surface area contributed by atoms with E-state index in [-0.39, 0.29) is 0 Å². The fourth-order valence-electron chi connectivity index (χ4n) is 1.62. The van der Waals surface area contributed by atoms with E-state index in [0.717, 1.165) is 23.5 Å². The second-order valence-corrected chi connectivity index (χ2v) is 3.64. The third-order valence-corrected chi connectivity index (χ3v) is 2.36. The predicted octanol–water partition coefficient (Wildman–Crippen LogP) is 2.71. The summed E-state index contributed by atoms with van der Waals surface area (Å²) in [6.45, 7) is 2.65. The second-order valence-electron chi connectivity index (χ2n) is 3.64. The molecule has 0 saturated carbocycles. The zero-order valence-electron chi connectivity index (χ0n) is 10.1. The largest absolute Gasteiger partial charge is 0.494 e. The van der Waals surface area contributed by atoms with Gasteiger partial charge >= 0.3 is 0 Å². The predicted molar refractivity (Wildman–Crippen MR) is 66.5 cm³/mol. The van der Waals surface area contributed by atoms with Gasteiger partial charge in [0, 0.05) is 13.5 Å². The third-order valence-electron chi connectivity index (χ3n) is 2.36. The Labute approximate surface area is 101 Å². The molecule has 0 radical (unpaired) electrons. The summed E-state index contributed by atoms with van der Waals surface area (Å²) in [5.74, 6) is 1.72. The zero-order chi connectivity index (χ0) is 12.1. The maximum Gasteiger partial charge on any atom is 0.294 e. The lowest BCUT2D eigenvalue weighted by Crippen LogP contribution is -1.93. The van der Waals surface area contributed by atoms with E-state index in [0.29, 0.717) is 12.6 Å². The summed E-state index contributed by atoms with van der Waals surface area (Å²) in [6, 6.07) is 8.54. The van der Waals surface area contributed by atoms with E-state index in [1.165, 1.54) is 0 Å². The van der Waals surface area contributed by atoms with Crippen molar-refractivity contribution >= 4 is 6.01 Å². The van der Waals surface area contributed by atoms with Crippen LogP contribution in [0.15, 0.2) is 34.9 Å². The van der Waals surface area contributed by atoms with E-state index >= 15 is 0 Å². The Kier molecular flexibility index (Phi) is 3.65. The van der Waals surface area contributed by atoms with Gasteiger partial charge in [0.25, 0.3) is 6.01 Å². The Balaban J connectivity index is 2.09. The summed E-state index contributed by atoms with van der Waals surface area (Å²) in [5, 5.41) is 2.86. The molecule has 1 N–H and O–H groups in total. The lowest BCUT2D eigenvalue weighted by molar-refractivity contribution is 0.340. The van der Waals surface area contributed by atoms with Crippen molar-refractivity contribution in [3.8, 4) is 5.75 Å². The highest BCUT2D eigenvalue weighted by Crippen LogP contribution is 2.18. The molecule has 1 aromatic carbocycles. The minimum atomic E-state index is 0.543. The first kappa shape index (κ1) is 11.5. The highest BCUT2D eigenvalue weighted by molar-refractivity contribution is 5.31. The van der Waals surface area contributed by atoms with Gasteiger partial charge < -0.3 is 14.5 Å². The third kappa shape index (κ3) is 3.00. The zero-order valence-corrected chi connectivity index (χ0v) is 10.1. The van der Waals surface area contributed by atoms with Gasteiger partial charge in [0.15, 0.2) is 0 Å². The maximum absolute atomic E-state index is 5.47. The Hall–Kier alpha value is -1.97. The van der Waals surface area contributed by atoms with Crippen molar-refractivity contribution in [2.24, 2.45) is 0 Å². The number of nitrogens with zero attached hydrogens (tertiary/aromatic N) is 1. The Morgan fingerprint density at radius 3 is 3.00 bits per heavy atom. The van der Waals surface area contributed by atoms with Gasteiger partial charge in [-0.2, -0.15) is 0 Å². The van der Waals surface area contributed by atoms with Crippen LogP contribution < -0.4 is 10.1 Å². The molecular formula is C13H16N2O2. The number of hydrogen-bond donors (Lipinski definition) is 1. The molecule has 0 aliphatic heterocycles. The maximum atomic E-state index is 5.47. The molecule has 17 heavy (non-hydrogen) atoms. The van der Waals surface area contributed by atoms with Gasteiger partial charge in [-0.3, -0.25) is 0 Å². The summed E-state index contributed by atoms with van der Waals surface area (Å²) < 4.78 is 10.9. The van der Waals surface area contributed by atoms with Gasteiger partial charge in [-0.1, -0.05) is 12.1 Å². The Morgan fingerprint density at radius 2 is 2.29 bits per heavy atom. The number of ether oxygens (including phenoxy) is 1. The lowest BCUT2D eigenvalue weighted by Gasteiger charge is -2.04. The number of benzene rings is 1. The molecular weight excluding hydrogens is 216 g/mol. The fraction of sp³-hybridized carbons (Fsp3) is 0.308. The van der Waals surface area contributed by atoms with Crippen LogP contribution in [0.4, 0.5) is 6.01 Å². The molecule has 4 heteroatoms. The van der Waals surface area contributed by atoms with E-state index in [1.807, 2.05) is 31.2 Å². The molecule has 0 aliphatic carbocycles. The first-order valence-electron chi connectivity index (χ1n) is 5.66. The topological polar surface area (TPSA) is 47.3 Å². The van der Waals surface area contributed by atoms with Crippen LogP contribution in [0, 0.1) is 0 Å². The van der Waals surface area contributed by atoms with Crippen molar-refractivity contribution in [3.05, 3.63) is 41.8 Å². The molecule has 1 heterocycles. The highest BCUT2D eigenvalue weighted by atomic mass is 16.5. The van der Waals surface area contributed by atoms with Crippen molar-refractivity contribution in [3.63, 3.8) is 0 Å². The Bertz CT molecular complexity index is 480. The molecule has 0 unspecified atom stereocenters. The molecule has 0 bridgehead atoms. The van der Waals surface area contributed by atoms with Crippen LogP contribution in [0.2, 0.25) is 0 Å². The van der Waals surface area contributed by atoms with Crippen molar-refractivity contribution in [1.29, 1.82) is 0 Å². The van der Waals surface area contributed by atoms with Gasteiger partial charge in [-0.25, -0.2) is 4.98 Å². The van der Waals surface area contributed by atoms with Crippen molar-refractivity contribution in [2.75, 3.05) is 19.0 Å². The van der Waals surface area contributed by atoms with Gasteiger partial charge in [0.05, 0.1) is 12.8 Å². The first-order chi connectivity index (χ1) is 8.31. The van der Waals surface area contributed by atoms with Gasteiger partial charge in [0.2, 0.25) is 0 Å². The van der Waals surface area contributed by atoms with E-state index < -0.39 is 0 Å². The van der Waals surface area contributed by atoms with Crippen LogP contribution in [-0.4, -0.2) is 18.6 Å². The average Bonchev–Trinajstić information content (AvgIpc) is 2.78. The fourth-order valence-corrected chi connectivity index (χ4v) is 1.62. The molecule has 0 atom stereocenters. The second kappa shape index (κ2) is 5.39. The summed E-state index contributed by atoms with van der Waals surface area (Å²) in [6.07, 6.45) is 2.45. The number of nitrogens with one attached hydrogen (secondary N) is 1. The number of rotatable bonds is 5. The molecule has 0 saturated heterocycles. The van der Waals surface area contributed by atoms with Crippen LogP contribution in [0.3, 0.4) is 0 Å². The molecule has 0 amide bonds. The molecule has 2 rings (SSSR count). The first-order valence-corrected chi connectivity index (χ1v) is 5.66. The molecule has 0 fully saturated rings. The summed E-state index contributed by atoms with van der Waals surface area (Å²) in [7, 11) is 1.78. The lowest BCUT2D eigenvalue weighted by atomic mass is 10.1. The van der Waals surface area contributed by atoms with E-state index in [4.69, 9.17) is 9.15 Å². The van der Waals surface area contributed by atoms with Crippen LogP contribution in [0.25, 0.3) is 0 Å². The van der Waals surface area contributed by atoms with Crippen molar-refractivity contribution < 1.29 is 9.15 Å². The van der Waals surface area contributed by atoms with Gasteiger partial charge in [-0.05, 0) is 24.6 Å². The molecule has 0 spiro atoms. The Morgan fingerprint density at radius 1 is 1.41 bits per heavy atom. The van der Waals surface area contributed by atoms with Crippen LogP contribution in [-0.2, 0) is 6.42 Å². The summed E-state index contributed by atoms with van der Waals surface area (Å²) in [4.78, 5) is 4.08. The minimum Gasteiger partial charge on any atom is -0.494 e. The van der Waals surface area contributed by atoms with Crippen molar-refractivity contribution in [2.45, 2.75) is 13.3 Å². The molecule has 0 aliphatic rings. The number of anilines is 1. The molecule has 4 nitrogen and oxygen atoms in total. The average molecular weight is 232 g/mol. The standard InChI is InChI=1S/C13H16N2O2/c1-3-16-11-6-4-5-10(7-11)8-12-9-15-13(14-2)17-12/h4-7,9H,3,8H2,1-2H3,(H,14,15). The highest BCUT2D eigenvalue weighted by Gasteiger charge is 2.04. The number of hydrogen-bond acceptors (Lipinski definition) is 4. The van der Waals surface area contributed by atoms with Crippen LogP contribution >= 0.6 is 0 Å². The summed E-state index contributed by atoms with van der Waals surface area (Å²) in [5.41, 5.74) is 1.15. The number of aromatic nitrogens is 1. The van der Waals surface area contributed by atoms with Crippen LogP contribution in [0.1, 0.15) is 18.2 Å². The molecule has 2 aromatic rings.